The highest BCUT2D eigenvalue weighted by molar-refractivity contribution is 5.71. The molecule has 2 aromatic carbocycles. The zero-order chi connectivity index (χ0) is 40.4. The minimum Gasteiger partial charge on any atom is -0.445 e. The molecule has 5 fully saturated rings. The molecule has 1 aliphatic carbocycles. The van der Waals surface area contributed by atoms with Gasteiger partial charge in [-0.15, -0.1) is 0 Å². The summed E-state index contributed by atoms with van der Waals surface area (Å²) in [6.45, 7) is 5.49. The summed E-state index contributed by atoms with van der Waals surface area (Å²) in [6, 6.07) is 16.2. The average molecular weight is 800 g/mol. The molecule has 1 saturated carbocycles. The number of benzene rings is 2. The van der Waals surface area contributed by atoms with Gasteiger partial charge in [0, 0.05) is 24.9 Å². The molecule has 0 aromatic heterocycles. The Kier molecular flexibility index (Phi) is 12.9. The van der Waals surface area contributed by atoms with Crippen molar-refractivity contribution < 1.29 is 67.6 Å². The topological polar surface area (TPSA) is 213 Å². The lowest BCUT2D eigenvalue weighted by Gasteiger charge is -2.50. The van der Waals surface area contributed by atoms with Gasteiger partial charge in [0.15, 0.2) is 25.0 Å². The van der Waals surface area contributed by atoms with E-state index in [1.165, 1.54) is 11.9 Å². The Balaban J connectivity index is 1.03. The van der Waals surface area contributed by atoms with Gasteiger partial charge < -0.3 is 63.8 Å². The summed E-state index contributed by atoms with van der Waals surface area (Å²) in [7, 11) is 1.54. The molecule has 57 heavy (non-hydrogen) atoms. The number of aliphatic hydroxyl groups is 3. The van der Waals surface area contributed by atoms with Gasteiger partial charge in [0.25, 0.3) is 0 Å². The van der Waals surface area contributed by atoms with E-state index in [0.29, 0.717) is 6.42 Å². The molecule has 3 amide bonds. The lowest BCUT2D eigenvalue weighted by Crippen LogP contribution is -2.66. The Morgan fingerprint density at radius 2 is 1.39 bits per heavy atom. The van der Waals surface area contributed by atoms with E-state index in [9.17, 15) is 29.7 Å². The summed E-state index contributed by atoms with van der Waals surface area (Å²) in [4.78, 5) is 40.3. The van der Waals surface area contributed by atoms with Crippen LogP contribution in [0.15, 0.2) is 60.7 Å². The summed E-state index contributed by atoms with van der Waals surface area (Å²) < 4.78 is 48.2. The van der Waals surface area contributed by atoms with Crippen LogP contribution in [0, 0.1) is 11.8 Å². The summed E-state index contributed by atoms with van der Waals surface area (Å²) in [6.07, 6.45) is -12.0. The zero-order valence-corrected chi connectivity index (χ0v) is 32.3. The number of nitrogens with one attached hydrogen (secondary N) is 2. The van der Waals surface area contributed by atoms with Gasteiger partial charge in [-0.1, -0.05) is 74.5 Å². The van der Waals surface area contributed by atoms with Crippen molar-refractivity contribution in [3.05, 3.63) is 71.8 Å². The van der Waals surface area contributed by atoms with E-state index >= 15 is 0 Å². The lowest BCUT2D eigenvalue weighted by atomic mass is 9.85. The summed E-state index contributed by atoms with van der Waals surface area (Å²) in [5.74, 6) is -0.673. The van der Waals surface area contributed by atoms with Gasteiger partial charge in [-0.05, 0) is 37.3 Å². The van der Waals surface area contributed by atoms with Gasteiger partial charge in [0.05, 0.1) is 30.5 Å². The molecule has 2 aromatic rings. The molecule has 7 rings (SSSR count). The molecule has 5 N–H and O–H groups in total. The average Bonchev–Trinajstić information content (AvgIpc) is 3.50. The van der Waals surface area contributed by atoms with Crippen LogP contribution in [-0.4, -0.2) is 131 Å². The van der Waals surface area contributed by atoms with E-state index in [1.54, 1.807) is 13.8 Å². The first-order valence-corrected chi connectivity index (χ1v) is 19.6. The van der Waals surface area contributed by atoms with Crippen LogP contribution in [0.25, 0.3) is 0 Å². The minimum atomic E-state index is -1.35. The second kappa shape index (κ2) is 17.8. The number of hydrogen-bond donors (Lipinski definition) is 5. The molecule has 5 aliphatic rings. The van der Waals surface area contributed by atoms with Crippen LogP contribution in [0.2, 0.25) is 0 Å². The molecule has 0 spiro atoms. The summed E-state index contributed by atoms with van der Waals surface area (Å²) in [5.41, 5.74) is 1.60. The van der Waals surface area contributed by atoms with Crippen LogP contribution in [0.3, 0.4) is 0 Å². The third-order valence-electron chi connectivity index (χ3n) is 11.7. The number of ether oxygens (including phenoxy) is 8. The highest BCUT2D eigenvalue weighted by Crippen LogP contribution is 2.42. The van der Waals surface area contributed by atoms with Crippen LogP contribution in [-0.2, 0) is 51.1 Å². The van der Waals surface area contributed by atoms with E-state index in [0.717, 1.165) is 11.1 Å². The molecule has 0 bridgehead atoms. The van der Waals surface area contributed by atoms with Crippen molar-refractivity contribution in [2.75, 3.05) is 7.05 Å². The fourth-order valence-corrected chi connectivity index (χ4v) is 8.24. The van der Waals surface area contributed by atoms with E-state index in [2.05, 4.69) is 10.6 Å². The van der Waals surface area contributed by atoms with Crippen molar-refractivity contribution in [2.24, 2.45) is 11.8 Å². The van der Waals surface area contributed by atoms with Crippen LogP contribution in [0.4, 0.5) is 14.4 Å². The van der Waals surface area contributed by atoms with Crippen molar-refractivity contribution in [3.63, 3.8) is 0 Å². The maximum Gasteiger partial charge on any atom is 0.410 e. The second-order valence-corrected chi connectivity index (χ2v) is 15.7. The van der Waals surface area contributed by atoms with E-state index < -0.39 is 104 Å². The molecule has 312 valence electrons. The van der Waals surface area contributed by atoms with E-state index in [1.807, 2.05) is 67.6 Å². The van der Waals surface area contributed by atoms with E-state index in [-0.39, 0.29) is 37.9 Å². The van der Waals surface area contributed by atoms with E-state index in [4.69, 9.17) is 37.9 Å². The van der Waals surface area contributed by atoms with Crippen molar-refractivity contribution >= 4 is 18.3 Å². The number of rotatable bonds is 10. The summed E-state index contributed by atoms with van der Waals surface area (Å²) in [5, 5.41) is 38.6. The molecule has 17 nitrogen and oxygen atoms in total. The Morgan fingerprint density at radius 1 is 0.754 bits per heavy atom. The molecule has 0 radical (unpaired) electrons. The van der Waals surface area contributed by atoms with Gasteiger partial charge in [0.1, 0.15) is 37.6 Å². The largest absolute Gasteiger partial charge is 0.445 e. The molecule has 4 aliphatic heterocycles. The van der Waals surface area contributed by atoms with Crippen molar-refractivity contribution in [2.45, 2.75) is 139 Å². The monoisotopic (exact) mass is 799 g/mol. The maximum atomic E-state index is 13.2. The van der Waals surface area contributed by atoms with Gasteiger partial charge in [-0.2, -0.15) is 0 Å². The first-order valence-electron chi connectivity index (χ1n) is 19.6. The SMILES string of the molecule is CC1C[C@@H]2OC(O[C@H]3OC(C)[C@@H](C)[C@@H](O)C3O)C3C(OC(=O)N3C)C2O[C@@H]1O[C@@H]1C(NC(=O)OCc2ccccc2)C[C@@H](NC(=O)OCc2ccccc2)C[C@H]1O. The minimum absolute atomic E-state index is 0.0117. The Morgan fingerprint density at radius 3 is 2.04 bits per heavy atom. The number of aliphatic hydroxyl groups excluding tert-OH is 3. The normalized spacial score (nSPS) is 38.9. The van der Waals surface area contributed by atoms with Crippen molar-refractivity contribution in [1.29, 1.82) is 0 Å². The molecular formula is C40H53N3O14. The smallest absolute Gasteiger partial charge is 0.410 e. The highest BCUT2D eigenvalue weighted by Gasteiger charge is 2.60. The predicted octanol–water partition coefficient (Wildman–Crippen LogP) is 2.53. The quantitative estimate of drug-likeness (QED) is 0.219. The fourth-order valence-electron chi connectivity index (χ4n) is 8.24. The lowest BCUT2D eigenvalue weighted by molar-refractivity contribution is -0.375. The second-order valence-electron chi connectivity index (χ2n) is 15.7. The Hall–Kier alpha value is -4.07. The first kappa shape index (κ1) is 41.1. The molecular weight excluding hydrogens is 746 g/mol. The Bertz CT molecular complexity index is 1680. The fraction of sp³-hybridized carbons (Fsp3) is 0.625. The molecule has 4 saturated heterocycles. The van der Waals surface area contributed by atoms with Gasteiger partial charge in [-0.3, -0.25) is 4.90 Å². The van der Waals surface area contributed by atoms with Crippen LogP contribution in [0.1, 0.15) is 51.2 Å². The van der Waals surface area contributed by atoms with Gasteiger partial charge >= 0.3 is 18.3 Å². The number of carbonyl (C=O) groups is 3. The van der Waals surface area contributed by atoms with Crippen LogP contribution in [0.5, 0.6) is 0 Å². The first-order chi connectivity index (χ1) is 27.4. The number of alkyl carbamates (subject to hydrolysis) is 2. The number of fused-ring (bicyclic) bond motifs is 3. The Labute approximate surface area is 330 Å². The highest BCUT2D eigenvalue weighted by atomic mass is 16.8. The number of carbonyl (C=O) groups excluding carboxylic acids is 3. The van der Waals surface area contributed by atoms with Crippen LogP contribution >= 0.6 is 0 Å². The predicted molar refractivity (Wildman–Crippen MR) is 197 cm³/mol. The zero-order valence-electron chi connectivity index (χ0n) is 32.3. The van der Waals surface area contributed by atoms with Crippen molar-refractivity contribution in [1.82, 2.24) is 15.5 Å². The molecule has 8 unspecified atom stereocenters. The van der Waals surface area contributed by atoms with Gasteiger partial charge in [-0.25, -0.2) is 14.4 Å². The van der Waals surface area contributed by atoms with Crippen LogP contribution < -0.4 is 10.6 Å². The number of amides is 3. The summed E-state index contributed by atoms with van der Waals surface area (Å²) >= 11 is 0. The maximum absolute atomic E-state index is 13.2. The number of likely N-dealkylation sites (N-methyl/N-ethyl adjacent to an activating group) is 1. The standard InChI is InChI=1S/C40H53N3O14/c1-20-15-28-33(34-29(43(4)40(49)56-34)36(53-28)57-37-31(46)30(45)21(2)22(3)52-37)55-35(20)54-32-26(42-39(48)51-19-24-13-9-6-10-14-24)16-25(17-27(32)44)41-38(47)50-18-23-11-7-5-8-12-23/h5-14,20-22,25-37,44-46H,15-19H2,1-4H3,(H,41,47)(H,42,48)/t20?,21-,22?,25-,26?,27-,28+,29?,30-,31?,32-,33?,34?,35+,36?,37-/m1/s1. The molecule has 17 heteroatoms. The molecule has 4 heterocycles. The third kappa shape index (κ3) is 9.31. The number of nitrogens with zero attached hydrogens (tertiary/aromatic N) is 1. The van der Waals surface area contributed by atoms with Gasteiger partial charge in [0.2, 0.25) is 0 Å². The van der Waals surface area contributed by atoms with Crippen molar-refractivity contribution in [3.8, 4) is 0 Å². The molecule has 16 atom stereocenters. The number of hydrogen-bond acceptors (Lipinski definition) is 14. The third-order valence-corrected chi connectivity index (χ3v) is 11.7.